The zero-order valence-electron chi connectivity index (χ0n) is 7.66. The van der Waals surface area contributed by atoms with E-state index < -0.39 is 14.8 Å². The van der Waals surface area contributed by atoms with Gasteiger partial charge in [-0.2, -0.15) is 0 Å². The molecule has 0 radical (unpaired) electrons. The lowest BCUT2D eigenvalue weighted by molar-refractivity contribution is -0.128. The fourth-order valence-electron chi connectivity index (χ4n) is 1.24. The number of alkyl halides is 3. The molecule has 0 aromatic carbocycles. The minimum absolute atomic E-state index is 0.0451. The predicted octanol–water partition coefficient (Wildman–Crippen LogP) is 2.74. The first kappa shape index (κ1) is 11.6. The van der Waals surface area contributed by atoms with Gasteiger partial charge in [-0.05, 0) is 20.8 Å². The van der Waals surface area contributed by atoms with Crippen molar-refractivity contribution in [3.8, 4) is 0 Å². The first-order valence-electron chi connectivity index (χ1n) is 3.87. The van der Waals surface area contributed by atoms with E-state index in [1.54, 1.807) is 13.8 Å². The van der Waals surface area contributed by atoms with Crippen molar-refractivity contribution in [1.82, 2.24) is 0 Å². The van der Waals surface area contributed by atoms with E-state index in [4.69, 9.17) is 39.5 Å². The number of hydrogen-bond acceptors (Lipinski definition) is 2. The molecule has 0 N–H and O–H groups in total. The average molecular weight is 246 g/mol. The molecule has 0 spiro atoms. The van der Waals surface area contributed by atoms with Crippen molar-refractivity contribution in [2.75, 3.05) is 6.61 Å². The Morgan fingerprint density at radius 1 is 1.38 bits per heavy atom. The third-order valence-electron chi connectivity index (χ3n) is 2.78. The Balaban J connectivity index is 3.01. The molecule has 1 unspecified atom stereocenters. The monoisotopic (exact) mass is 244 g/mol. The number of hydrogen-bond donors (Lipinski definition) is 0. The Hall–Kier alpha value is 0.500. The van der Waals surface area contributed by atoms with Crippen LogP contribution in [0.25, 0.3) is 0 Å². The molecule has 2 nitrogen and oxygen atoms in total. The van der Waals surface area contributed by atoms with Crippen LogP contribution in [0.15, 0.2) is 0 Å². The number of rotatable bonds is 2. The Labute approximate surface area is 92.5 Å². The van der Waals surface area contributed by atoms with Crippen LogP contribution in [0.4, 0.5) is 0 Å². The van der Waals surface area contributed by atoms with Gasteiger partial charge in [0.15, 0.2) is 5.60 Å². The molecule has 5 heteroatoms. The maximum absolute atomic E-state index is 11.3. The summed E-state index contributed by atoms with van der Waals surface area (Å²) in [4.78, 5) is 11.3. The van der Waals surface area contributed by atoms with Gasteiger partial charge in [-0.25, -0.2) is 0 Å². The van der Waals surface area contributed by atoms with E-state index in [1.807, 2.05) is 0 Å². The van der Waals surface area contributed by atoms with Gasteiger partial charge >= 0.3 is 0 Å². The zero-order chi connectivity index (χ0) is 10.5. The van der Waals surface area contributed by atoms with Crippen LogP contribution in [0, 0.1) is 5.41 Å². The molecule has 0 aromatic heterocycles. The molecule has 1 aliphatic rings. The Bertz CT molecular complexity index is 238. The number of ketones is 1. The number of ether oxygens (including phenoxy) is 1. The van der Waals surface area contributed by atoms with Gasteiger partial charge in [0.1, 0.15) is 5.78 Å². The van der Waals surface area contributed by atoms with Crippen LogP contribution in [0.3, 0.4) is 0 Å². The fourth-order valence-corrected chi connectivity index (χ4v) is 2.27. The third kappa shape index (κ3) is 1.58. The van der Waals surface area contributed by atoms with Gasteiger partial charge in [-0.3, -0.25) is 4.79 Å². The average Bonchev–Trinajstić information content (AvgIpc) is 2.61. The van der Waals surface area contributed by atoms with Crippen LogP contribution in [-0.2, 0) is 9.53 Å². The minimum Gasteiger partial charge on any atom is -0.364 e. The maximum atomic E-state index is 11.3. The lowest BCUT2D eigenvalue weighted by Gasteiger charge is -2.33. The van der Waals surface area contributed by atoms with Crippen molar-refractivity contribution in [1.29, 1.82) is 0 Å². The van der Waals surface area contributed by atoms with Crippen molar-refractivity contribution in [2.24, 2.45) is 5.41 Å². The molecule has 1 atom stereocenters. The van der Waals surface area contributed by atoms with Crippen molar-refractivity contribution >= 4 is 40.6 Å². The molecule has 1 aliphatic heterocycles. The molecule has 0 aromatic rings. The number of carbonyl (C=O) groups excluding carboxylic acids is 1. The van der Waals surface area contributed by atoms with Gasteiger partial charge in [0.2, 0.25) is 3.79 Å². The van der Waals surface area contributed by atoms with Gasteiger partial charge in [0.25, 0.3) is 0 Å². The summed E-state index contributed by atoms with van der Waals surface area (Å²) in [5.74, 6) is -0.0451. The molecule has 1 fully saturated rings. The zero-order valence-corrected chi connectivity index (χ0v) is 9.93. The predicted molar refractivity (Wildman–Crippen MR) is 53.4 cm³/mol. The maximum Gasteiger partial charge on any atom is 0.222 e. The topological polar surface area (TPSA) is 29.6 Å². The number of epoxide rings is 1. The van der Waals surface area contributed by atoms with Crippen LogP contribution >= 0.6 is 34.8 Å². The number of Topliss-reactive ketones (excluding diaryl/α,β-unsaturated/α-hetero) is 1. The molecule has 13 heavy (non-hydrogen) atoms. The molecular weight excluding hydrogens is 234 g/mol. The Morgan fingerprint density at radius 2 is 1.77 bits per heavy atom. The largest absolute Gasteiger partial charge is 0.364 e. The van der Waals surface area contributed by atoms with Crippen molar-refractivity contribution in [3.05, 3.63) is 0 Å². The van der Waals surface area contributed by atoms with Crippen LogP contribution in [-0.4, -0.2) is 21.8 Å². The molecule has 1 saturated heterocycles. The van der Waals surface area contributed by atoms with Crippen LogP contribution in [0.2, 0.25) is 0 Å². The molecular formula is C8H11Cl3O2. The SMILES string of the molecule is CC(=O)C(C)(C)C1(C(Cl)(Cl)Cl)CO1. The van der Waals surface area contributed by atoms with Crippen molar-refractivity contribution in [2.45, 2.75) is 30.2 Å². The summed E-state index contributed by atoms with van der Waals surface area (Å²) in [7, 11) is 0. The standard InChI is InChI=1S/C8H11Cl3O2/c1-5(12)6(2,3)7(4-13-7)8(9,10)11/h4H2,1-3H3. The fraction of sp³-hybridized carbons (Fsp3) is 0.875. The van der Waals surface area contributed by atoms with Crippen molar-refractivity contribution < 1.29 is 9.53 Å². The molecule has 0 amide bonds. The lowest BCUT2D eigenvalue weighted by Crippen LogP contribution is -2.48. The first-order chi connectivity index (χ1) is 5.65. The van der Waals surface area contributed by atoms with Gasteiger partial charge in [0.05, 0.1) is 12.0 Å². The Morgan fingerprint density at radius 3 is 1.85 bits per heavy atom. The van der Waals surface area contributed by atoms with Crippen LogP contribution < -0.4 is 0 Å². The highest BCUT2D eigenvalue weighted by atomic mass is 35.6. The van der Waals surface area contributed by atoms with Gasteiger partial charge in [-0.15, -0.1) is 0 Å². The van der Waals surface area contributed by atoms with Crippen molar-refractivity contribution in [3.63, 3.8) is 0 Å². The van der Waals surface area contributed by atoms with E-state index >= 15 is 0 Å². The molecule has 76 valence electrons. The molecule has 0 bridgehead atoms. The number of carbonyl (C=O) groups is 1. The smallest absolute Gasteiger partial charge is 0.222 e. The second-order valence-corrected chi connectivity index (χ2v) is 6.08. The van der Waals surface area contributed by atoms with Crippen LogP contribution in [0.5, 0.6) is 0 Å². The summed E-state index contributed by atoms with van der Waals surface area (Å²) in [6.07, 6.45) is 0. The normalized spacial score (nSPS) is 28.8. The second-order valence-electron chi connectivity index (χ2n) is 3.79. The summed E-state index contributed by atoms with van der Waals surface area (Å²) in [5, 5.41) is 0. The molecule has 0 aliphatic carbocycles. The number of halogens is 3. The minimum atomic E-state index is -1.55. The summed E-state index contributed by atoms with van der Waals surface area (Å²) >= 11 is 17.3. The highest BCUT2D eigenvalue weighted by Crippen LogP contribution is 2.58. The van der Waals surface area contributed by atoms with E-state index in [1.165, 1.54) is 6.92 Å². The Kier molecular flexibility index (Phi) is 2.67. The quantitative estimate of drug-likeness (QED) is 0.553. The summed E-state index contributed by atoms with van der Waals surface area (Å²) in [6, 6.07) is 0. The molecule has 0 saturated carbocycles. The second kappa shape index (κ2) is 2.99. The van der Waals surface area contributed by atoms with E-state index in [9.17, 15) is 4.79 Å². The lowest BCUT2D eigenvalue weighted by atomic mass is 9.76. The van der Waals surface area contributed by atoms with Gasteiger partial charge < -0.3 is 4.74 Å². The summed E-state index contributed by atoms with van der Waals surface area (Å²) < 4.78 is 3.62. The first-order valence-corrected chi connectivity index (χ1v) is 5.00. The van der Waals surface area contributed by atoms with E-state index in [-0.39, 0.29) is 5.78 Å². The highest BCUT2D eigenvalue weighted by molar-refractivity contribution is 6.68. The van der Waals surface area contributed by atoms with E-state index in [0.29, 0.717) is 6.61 Å². The summed E-state index contributed by atoms with van der Waals surface area (Å²) in [6.45, 7) is 5.24. The summed E-state index contributed by atoms with van der Waals surface area (Å²) in [5.41, 5.74) is -1.71. The van der Waals surface area contributed by atoms with E-state index in [0.717, 1.165) is 0 Å². The van der Waals surface area contributed by atoms with Crippen LogP contribution in [0.1, 0.15) is 20.8 Å². The third-order valence-corrected chi connectivity index (χ3v) is 3.70. The highest BCUT2D eigenvalue weighted by Gasteiger charge is 2.69. The molecule has 1 rings (SSSR count). The van der Waals surface area contributed by atoms with Gasteiger partial charge in [0, 0.05) is 0 Å². The van der Waals surface area contributed by atoms with E-state index in [2.05, 4.69) is 0 Å². The molecule has 1 heterocycles. The van der Waals surface area contributed by atoms with Gasteiger partial charge in [-0.1, -0.05) is 34.8 Å².